The second-order valence-corrected chi connectivity index (χ2v) is 11.6. The van der Waals surface area contributed by atoms with Crippen LogP contribution < -0.4 is 0 Å². The van der Waals surface area contributed by atoms with Crippen LogP contribution in [0.3, 0.4) is 0 Å². The van der Waals surface area contributed by atoms with E-state index in [0.29, 0.717) is 5.69 Å². The largest absolute Gasteiger partial charge is 0.698 e. The summed E-state index contributed by atoms with van der Waals surface area (Å²) >= 11 is 0. The Kier molecular flexibility index (Phi) is 5.66. The van der Waals surface area contributed by atoms with E-state index < -0.39 is 0 Å². The smallest absolute Gasteiger partial charge is 0.0541 e. The number of para-hydroxylation sites is 5. The number of aromatic nitrogens is 2. The molecule has 0 aliphatic carbocycles. The van der Waals surface area contributed by atoms with Gasteiger partial charge in [0.25, 0.3) is 0 Å². The van der Waals surface area contributed by atoms with Crippen molar-refractivity contribution in [3.8, 4) is 33.6 Å². The van der Waals surface area contributed by atoms with Gasteiger partial charge in [0.1, 0.15) is 0 Å². The summed E-state index contributed by atoms with van der Waals surface area (Å²) in [6.07, 6.45) is 0. The van der Waals surface area contributed by atoms with Crippen LogP contribution in [0.15, 0.2) is 164 Å². The molecule has 0 unspecified atom stereocenters. The molecule has 1 N–H and O–H groups in total. The van der Waals surface area contributed by atoms with Crippen LogP contribution in [0.4, 0.5) is 5.69 Å². The second-order valence-electron chi connectivity index (χ2n) is 11.6. The number of rotatable bonds is 4. The van der Waals surface area contributed by atoms with E-state index in [1.165, 1.54) is 32.6 Å². The van der Waals surface area contributed by atoms with Gasteiger partial charge in [0, 0.05) is 32.8 Å². The van der Waals surface area contributed by atoms with Crippen LogP contribution in [0.2, 0.25) is 0 Å². The molecule has 0 fully saturated rings. The Labute approximate surface area is 261 Å². The Morgan fingerprint density at radius 2 is 0.822 bits per heavy atom. The first-order chi connectivity index (χ1) is 22.3. The third-order valence-electron chi connectivity index (χ3n) is 9.05. The summed E-state index contributed by atoms with van der Waals surface area (Å²) in [5, 5.41) is 4.95. The molecule has 0 spiro atoms. The van der Waals surface area contributed by atoms with Gasteiger partial charge in [-0.25, -0.2) is 0 Å². The Morgan fingerprint density at radius 3 is 1.40 bits per heavy atom. The lowest BCUT2D eigenvalue weighted by molar-refractivity contribution is 1.18. The van der Waals surface area contributed by atoms with Gasteiger partial charge in [0.15, 0.2) is 0 Å². The molecule has 0 bridgehead atoms. The van der Waals surface area contributed by atoms with Crippen LogP contribution in [0, 0.1) is 0 Å². The first kappa shape index (κ1) is 25.4. The molecule has 9 rings (SSSR count). The lowest BCUT2D eigenvalue weighted by Crippen LogP contribution is -1.97. The van der Waals surface area contributed by atoms with E-state index in [1.54, 1.807) is 0 Å². The van der Waals surface area contributed by atoms with Gasteiger partial charge in [-0.15, -0.1) is 5.69 Å². The summed E-state index contributed by atoms with van der Waals surface area (Å²) in [4.78, 5) is 0. The highest BCUT2D eigenvalue weighted by Gasteiger charge is 2.16. The Balaban J connectivity index is 1.22. The minimum absolute atomic E-state index is 0.507. The maximum absolute atomic E-state index is 8.95. The molecule has 2 aromatic heterocycles. The highest BCUT2D eigenvalue weighted by Crippen LogP contribution is 2.40. The maximum atomic E-state index is 8.95. The van der Waals surface area contributed by atoms with Gasteiger partial charge < -0.3 is 14.9 Å². The fourth-order valence-corrected chi connectivity index (χ4v) is 7.06. The van der Waals surface area contributed by atoms with Gasteiger partial charge in [0.05, 0.1) is 27.8 Å². The van der Waals surface area contributed by atoms with Gasteiger partial charge in [0.2, 0.25) is 0 Å². The van der Waals surface area contributed by atoms with Gasteiger partial charge in [-0.1, -0.05) is 115 Å². The SMILES string of the molecule is [NH-]c1ccc(-n2c3ccccc3c3ccccc32)cc1-c1cccc(-c2ccccc2-n2c3ccccc3c3ccccc32)c1. The summed E-state index contributed by atoms with van der Waals surface area (Å²) in [5.41, 5.74) is 20.6. The maximum Gasteiger partial charge on any atom is 0.0541 e. The number of nitrogens with one attached hydrogen (secondary N) is 1. The van der Waals surface area contributed by atoms with Crippen molar-refractivity contribution in [2.45, 2.75) is 0 Å². The molecule has 0 amide bonds. The van der Waals surface area contributed by atoms with E-state index in [4.69, 9.17) is 5.73 Å². The average molecular weight is 575 g/mol. The van der Waals surface area contributed by atoms with E-state index in [1.807, 2.05) is 6.07 Å². The summed E-state index contributed by atoms with van der Waals surface area (Å²) in [6.45, 7) is 0. The Morgan fingerprint density at radius 1 is 0.356 bits per heavy atom. The molecular weight excluding hydrogens is 546 g/mol. The average Bonchev–Trinajstić information content (AvgIpc) is 3.62. The molecule has 0 atom stereocenters. The zero-order valence-electron chi connectivity index (χ0n) is 24.5. The molecule has 3 nitrogen and oxygen atoms in total. The molecule has 9 aromatic rings. The van der Waals surface area contributed by atoms with E-state index >= 15 is 0 Å². The molecule has 45 heavy (non-hydrogen) atoms. The van der Waals surface area contributed by atoms with Crippen molar-refractivity contribution in [1.29, 1.82) is 0 Å². The van der Waals surface area contributed by atoms with Gasteiger partial charge >= 0.3 is 0 Å². The lowest BCUT2D eigenvalue weighted by Gasteiger charge is -2.18. The molecule has 7 aromatic carbocycles. The molecule has 212 valence electrons. The number of hydrogen-bond acceptors (Lipinski definition) is 0. The molecule has 0 aliphatic rings. The van der Waals surface area contributed by atoms with Crippen LogP contribution in [0.5, 0.6) is 0 Å². The predicted molar refractivity (Wildman–Crippen MR) is 190 cm³/mol. The van der Waals surface area contributed by atoms with E-state index in [2.05, 4.69) is 167 Å². The third-order valence-corrected chi connectivity index (χ3v) is 9.05. The van der Waals surface area contributed by atoms with E-state index in [-0.39, 0.29) is 0 Å². The minimum Gasteiger partial charge on any atom is -0.698 e. The molecule has 0 radical (unpaired) electrons. The highest BCUT2D eigenvalue weighted by atomic mass is 15.0. The fourth-order valence-electron chi connectivity index (χ4n) is 7.06. The zero-order chi connectivity index (χ0) is 29.9. The summed E-state index contributed by atoms with van der Waals surface area (Å²) in [6, 6.07) is 57.8. The van der Waals surface area contributed by atoms with Crippen molar-refractivity contribution < 1.29 is 0 Å². The number of hydrogen-bond donors (Lipinski definition) is 0. The number of benzene rings is 7. The van der Waals surface area contributed by atoms with Crippen molar-refractivity contribution in [2.75, 3.05) is 0 Å². The molecule has 0 saturated carbocycles. The number of fused-ring (bicyclic) bond motifs is 6. The first-order valence-electron chi connectivity index (χ1n) is 15.3. The van der Waals surface area contributed by atoms with E-state index in [0.717, 1.165) is 44.7 Å². The molecule has 0 saturated heterocycles. The van der Waals surface area contributed by atoms with Crippen molar-refractivity contribution in [3.63, 3.8) is 0 Å². The highest BCUT2D eigenvalue weighted by molar-refractivity contribution is 6.10. The number of nitrogens with zero attached hydrogens (tertiary/aromatic N) is 2. The lowest BCUT2D eigenvalue weighted by atomic mass is 9.96. The molecule has 0 aliphatic heterocycles. The molecule has 2 heterocycles. The summed E-state index contributed by atoms with van der Waals surface area (Å²) in [5.74, 6) is 0. The second kappa shape index (κ2) is 10.0. The van der Waals surface area contributed by atoms with E-state index in [9.17, 15) is 0 Å². The van der Waals surface area contributed by atoms with Gasteiger partial charge in [-0.3, -0.25) is 0 Å². The van der Waals surface area contributed by atoms with Crippen molar-refractivity contribution in [3.05, 3.63) is 170 Å². The fraction of sp³-hybridized carbons (Fsp3) is 0. The minimum atomic E-state index is 0.507. The normalized spacial score (nSPS) is 11.6. The van der Waals surface area contributed by atoms with Gasteiger partial charge in [-0.05, 0) is 65.2 Å². The molecule has 3 heteroatoms. The molecular formula is C42H28N3-. The van der Waals surface area contributed by atoms with Crippen LogP contribution >= 0.6 is 0 Å². The Bertz CT molecular complexity index is 2460. The third kappa shape index (κ3) is 3.91. The van der Waals surface area contributed by atoms with Crippen LogP contribution in [0.25, 0.3) is 83.0 Å². The van der Waals surface area contributed by atoms with Crippen LogP contribution in [-0.4, -0.2) is 9.13 Å². The monoisotopic (exact) mass is 574 g/mol. The summed E-state index contributed by atoms with van der Waals surface area (Å²) < 4.78 is 4.69. The van der Waals surface area contributed by atoms with Crippen molar-refractivity contribution >= 4 is 49.3 Å². The van der Waals surface area contributed by atoms with Crippen molar-refractivity contribution in [2.24, 2.45) is 0 Å². The standard InChI is InChI=1S/C42H28N3/c43-37-25-24-30(44-39-20-7-2-15-32(39)33-16-3-8-21-40(33)44)27-36(37)29-13-11-12-28(26-29)31-14-1-6-19-38(31)45-41-22-9-4-17-34(41)35-18-5-10-23-42(35)45/h1-27,43H/q-1. The zero-order valence-corrected chi connectivity index (χ0v) is 24.5. The van der Waals surface area contributed by atoms with Gasteiger partial charge in [-0.2, -0.15) is 0 Å². The predicted octanol–water partition coefficient (Wildman–Crippen LogP) is 11.9. The van der Waals surface area contributed by atoms with Crippen LogP contribution in [-0.2, 0) is 0 Å². The first-order valence-corrected chi connectivity index (χ1v) is 15.3. The van der Waals surface area contributed by atoms with Crippen molar-refractivity contribution in [1.82, 2.24) is 9.13 Å². The Hall–Kier alpha value is -6.06. The van der Waals surface area contributed by atoms with Crippen LogP contribution in [0.1, 0.15) is 0 Å². The quantitative estimate of drug-likeness (QED) is 0.200. The topological polar surface area (TPSA) is 33.7 Å². The summed E-state index contributed by atoms with van der Waals surface area (Å²) in [7, 11) is 0.